The Balaban J connectivity index is 1.51. The molecule has 1 aliphatic rings. The van der Waals surface area contributed by atoms with E-state index in [1.165, 1.54) is 15.6 Å². The van der Waals surface area contributed by atoms with E-state index in [4.69, 9.17) is 4.74 Å². The summed E-state index contributed by atoms with van der Waals surface area (Å²) in [6.07, 6.45) is 2.17. The molecule has 1 atom stereocenters. The van der Waals surface area contributed by atoms with E-state index in [1.54, 1.807) is 0 Å². The highest BCUT2D eigenvalue weighted by Crippen LogP contribution is 2.25. The number of thiophene rings is 1. The van der Waals surface area contributed by atoms with Crippen LogP contribution in [-0.4, -0.2) is 51.3 Å². The van der Waals surface area contributed by atoms with Gasteiger partial charge in [-0.2, -0.15) is 0 Å². The van der Waals surface area contributed by atoms with E-state index in [-0.39, 0.29) is 0 Å². The zero-order valence-corrected chi connectivity index (χ0v) is 14.7. The molecule has 0 saturated carbocycles. The lowest BCUT2D eigenvalue weighted by Crippen LogP contribution is -2.42. The summed E-state index contributed by atoms with van der Waals surface area (Å²) in [6.45, 7) is 3.68. The van der Waals surface area contributed by atoms with Crippen molar-refractivity contribution in [3.63, 3.8) is 0 Å². The van der Waals surface area contributed by atoms with Crippen molar-refractivity contribution in [3.8, 4) is 0 Å². The van der Waals surface area contributed by atoms with Crippen molar-refractivity contribution in [3.05, 3.63) is 35.2 Å². The standard InChI is InChI=1S/C18H25N3OS/c1-19-18(21(2)11-14-8-10-22-12-14)20-9-7-15-13-23-17-6-4-3-5-16(15)17/h3-6,13-14H,7-12H2,1-2H3,(H,19,20). The molecule has 1 saturated heterocycles. The second kappa shape index (κ2) is 7.79. The van der Waals surface area contributed by atoms with Crippen LogP contribution in [0.1, 0.15) is 12.0 Å². The van der Waals surface area contributed by atoms with Crippen molar-refractivity contribution >= 4 is 27.4 Å². The van der Waals surface area contributed by atoms with Gasteiger partial charge in [0.25, 0.3) is 0 Å². The highest BCUT2D eigenvalue weighted by molar-refractivity contribution is 7.17. The fourth-order valence-corrected chi connectivity index (χ4v) is 4.12. The number of hydrogen-bond donors (Lipinski definition) is 1. The van der Waals surface area contributed by atoms with Crippen LogP contribution in [0.25, 0.3) is 10.1 Å². The van der Waals surface area contributed by atoms with Gasteiger partial charge in [0.1, 0.15) is 0 Å². The minimum Gasteiger partial charge on any atom is -0.381 e. The Morgan fingerprint density at radius 1 is 1.43 bits per heavy atom. The summed E-state index contributed by atoms with van der Waals surface area (Å²) < 4.78 is 6.82. The molecule has 0 spiro atoms. The van der Waals surface area contributed by atoms with Crippen LogP contribution in [0.3, 0.4) is 0 Å². The first kappa shape index (κ1) is 16.3. The van der Waals surface area contributed by atoms with Gasteiger partial charge in [0.15, 0.2) is 5.96 Å². The summed E-state index contributed by atoms with van der Waals surface area (Å²) in [5, 5.41) is 7.14. The first-order chi connectivity index (χ1) is 11.3. The second-order valence-electron chi connectivity index (χ2n) is 6.09. The Bertz CT molecular complexity index is 661. The Morgan fingerprint density at radius 3 is 3.09 bits per heavy atom. The van der Waals surface area contributed by atoms with Gasteiger partial charge in [0, 0.05) is 44.4 Å². The van der Waals surface area contributed by atoms with Crippen molar-refractivity contribution in [2.45, 2.75) is 12.8 Å². The number of nitrogens with one attached hydrogen (secondary N) is 1. The van der Waals surface area contributed by atoms with Crippen LogP contribution < -0.4 is 5.32 Å². The van der Waals surface area contributed by atoms with Crippen LogP contribution in [-0.2, 0) is 11.2 Å². The highest BCUT2D eigenvalue weighted by atomic mass is 32.1. The second-order valence-corrected chi connectivity index (χ2v) is 7.00. The molecule has 4 nitrogen and oxygen atoms in total. The lowest BCUT2D eigenvalue weighted by atomic mass is 10.1. The summed E-state index contributed by atoms with van der Waals surface area (Å²) >= 11 is 1.82. The first-order valence-corrected chi connectivity index (χ1v) is 9.10. The van der Waals surface area contributed by atoms with Gasteiger partial charge in [-0.05, 0) is 35.2 Å². The summed E-state index contributed by atoms with van der Waals surface area (Å²) in [4.78, 5) is 6.62. The Morgan fingerprint density at radius 2 is 2.30 bits per heavy atom. The van der Waals surface area contributed by atoms with Gasteiger partial charge in [0.2, 0.25) is 0 Å². The van der Waals surface area contributed by atoms with Crippen molar-refractivity contribution in [1.29, 1.82) is 0 Å². The smallest absolute Gasteiger partial charge is 0.193 e. The Hall–Kier alpha value is -1.59. The van der Waals surface area contributed by atoms with Crippen molar-refractivity contribution < 1.29 is 4.74 Å². The van der Waals surface area contributed by atoms with E-state index in [1.807, 2.05) is 18.4 Å². The summed E-state index contributed by atoms with van der Waals surface area (Å²) in [7, 11) is 3.96. The maximum atomic E-state index is 5.46. The fraction of sp³-hybridized carbons (Fsp3) is 0.500. The van der Waals surface area contributed by atoms with E-state index in [0.717, 1.165) is 45.1 Å². The molecule has 1 aromatic carbocycles. The third-order valence-electron chi connectivity index (χ3n) is 4.37. The number of hydrogen-bond acceptors (Lipinski definition) is 3. The van der Waals surface area contributed by atoms with Crippen LogP contribution in [0.15, 0.2) is 34.6 Å². The number of fused-ring (bicyclic) bond motifs is 1. The van der Waals surface area contributed by atoms with Crippen molar-refractivity contribution in [2.75, 3.05) is 40.4 Å². The van der Waals surface area contributed by atoms with Gasteiger partial charge >= 0.3 is 0 Å². The zero-order valence-electron chi connectivity index (χ0n) is 13.9. The first-order valence-electron chi connectivity index (χ1n) is 8.22. The van der Waals surface area contributed by atoms with Gasteiger partial charge in [-0.15, -0.1) is 11.3 Å². The quantitative estimate of drug-likeness (QED) is 0.676. The van der Waals surface area contributed by atoms with Crippen LogP contribution in [0, 0.1) is 5.92 Å². The number of benzene rings is 1. The normalized spacial score (nSPS) is 18.5. The average Bonchev–Trinajstić information content (AvgIpc) is 3.21. The molecule has 1 fully saturated rings. The third kappa shape index (κ3) is 4.03. The van der Waals surface area contributed by atoms with Crippen LogP contribution >= 0.6 is 11.3 Å². The molecule has 3 rings (SSSR count). The number of guanidine groups is 1. The van der Waals surface area contributed by atoms with Crippen molar-refractivity contribution in [1.82, 2.24) is 10.2 Å². The summed E-state index contributed by atoms with van der Waals surface area (Å²) in [5.41, 5.74) is 1.42. The molecule has 1 aliphatic heterocycles. The maximum absolute atomic E-state index is 5.46. The predicted octanol–water partition coefficient (Wildman–Crippen LogP) is 2.99. The largest absolute Gasteiger partial charge is 0.381 e. The number of rotatable bonds is 5. The molecule has 0 bridgehead atoms. The predicted molar refractivity (Wildman–Crippen MR) is 98.4 cm³/mol. The molecule has 1 N–H and O–H groups in total. The lowest BCUT2D eigenvalue weighted by Gasteiger charge is -2.24. The van der Waals surface area contributed by atoms with Crippen molar-refractivity contribution in [2.24, 2.45) is 10.9 Å². The monoisotopic (exact) mass is 331 g/mol. The van der Waals surface area contributed by atoms with E-state index < -0.39 is 0 Å². The maximum Gasteiger partial charge on any atom is 0.193 e. The van der Waals surface area contributed by atoms with Gasteiger partial charge in [0.05, 0.1) is 6.61 Å². The third-order valence-corrected chi connectivity index (χ3v) is 5.38. The fourth-order valence-electron chi connectivity index (χ4n) is 3.12. The van der Waals surface area contributed by atoms with Gasteiger partial charge in [-0.1, -0.05) is 18.2 Å². The molecule has 23 heavy (non-hydrogen) atoms. The lowest BCUT2D eigenvalue weighted by molar-refractivity contribution is 0.181. The molecule has 124 valence electrons. The van der Waals surface area contributed by atoms with Crippen LogP contribution in [0.5, 0.6) is 0 Å². The SMILES string of the molecule is CN=C(NCCc1csc2ccccc12)N(C)CC1CCOC1. The summed E-state index contributed by atoms with van der Waals surface area (Å²) in [5.74, 6) is 1.59. The molecule has 5 heteroatoms. The van der Waals surface area contributed by atoms with E-state index in [9.17, 15) is 0 Å². The minimum absolute atomic E-state index is 0.624. The summed E-state index contributed by atoms with van der Waals surface area (Å²) in [6, 6.07) is 8.61. The van der Waals surface area contributed by atoms with Crippen LogP contribution in [0.4, 0.5) is 0 Å². The molecule has 0 aliphatic carbocycles. The van der Waals surface area contributed by atoms with Gasteiger partial charge in [-0.3, -0.25) is 4.99 Å². The number of aliphatic imine (C=N–C) groups is 1. The van der Waals surface area contributed by atoms with Gasteiger partial charge < -0.3 is 15.0 Å². The van der Waals surface area contributed by atoms with E-state index >= 15 is 0 Å². The molecule has 2 heterocycles. The Kier molecular flexibility index (Phi) is 5.51. The topological polar surface area (TPSA) is 36.9 Å². The molecule has 2 aromatic rings. The Labute approximate surface area is 142 Å². The molecular formula is C18H25N3OS. The molecular weight excluding hydrogens is 306 g/mol. The van der Waals surface area contributed by atoms with E-state index in [2.05, 4.69) is 51.9 Å². The average molecular weight is 331 g/mol. The minimum atomic E-state index is 0.624. The molecule has 0 radical (unpaired) electrons. The molecule has 1 unspecified atom stereocenters. The molecule has 1 aromatic heterocycles. The zero-order chi connectivity index (χ0) is 16.1. The van der Waals surface area contributed by atoms with E-state index in [0.29, 0.717) is 5.92 Å². The molecule has 0 amide bonds. The number of nitrogens with zero attached hydrogens (tertiary/aromatic N) is 2. The van der Waals surface area contributed by atoms with Crippen LogP contribution in [0.2, 0.25) is 0 Å². The van der Waals surface area contributed by atoms with Gasteiger partial charge in [-0.25, -0.2) is 0 Å². The number of ether oxygens (including phenoxy) is 1. The highest BCUT2D eigenvalue weighted by Gasteiger charge is 2.18.